The van der Waals surface area contributed by atoms with Crippen LogP contribution in [0.5, 0.6) is 5.75 Å². The minimum absolute atomic E-state index is 0.124. The largest absolute Gasteiger partial charge is 0.505 e. The molecule has 1 unspecified atom stereocenters. The van der Waals surface area contributed by atoms with Gasteiger partial charge in [0, 0.05) is 13.1 Å². The first-order valence-electron chi connectivity index (χ1n) is 5.01. The Bertz CT molecular complexity index is 299. The molecule has 1 saturated heterocycles. The Morgan fingerprint density at radius 1 is 1.43 bits per heavy atom. The Labute approximate surface area is 83.6 Å². The van der Waals surface area contributed by atoms with Gasteiger partial charge in [0.2, 0.25) is 5.95 Å². The summed E-state index contributed by atoms with van der Waals surface area (Å²) in [6, 6.07) is 0. The molecule has 2 rings (SSSR count). The van der Waals surface area contributed by atoms with Gasteiger partial charge in [0.25, 0.3) is 0 Å². The number of piperidine rings is 1. The number of aromatic nitrogens is 2. The summed E-state index contributed by atoms with van der Waals surface area (Å²) < 4.78 is 0. The molecule has 1 aliphatic rings. The first-order valence-corrected chi connectivity index (χ1v) is 5.01. The van der Waals surface area contributed by atoms with Crippen LogP contribution in [0.2, 0.25) is 0 Å². The number of anilines is 1. The third-order valence-corrected chi connectivity index (χ3v) is 2.56. The van der Waals surface area contributed by atoms with Crippen LogP contribution < -0.4 is 4.90 Å². The third-order valence-electron chi connectivity index (χ3n) is 2.56. The zero-order chi connectivity index (χ0) is 9.97. The van der Waals surface area contributed by atoms with E-state index in [9.17, 15) is 0 Å². The Balaban J connectivity index is 2.10. The van der Waals surface area contributed by atoms with Crippen LogP contribution in [0.1, 0.15) is 19.8 Å². The molecule has 1 aliphatic heterocycles. The summed E-state index contributed by atoms with van der Waals surface area (Å²) in [7, 11) is 0. The average Bonchev–Trinajstić information content (AvgIpc) is 2.19. The summed E-state index contributed by atoms with van der Waals surface area (Å²) in [4.78, 5) is 10.4. The molecule has 76 valence electrons. The number of hydrogen-bond donors (Lipinski definition) is 1. The van der Waals surface area contributed by atoms with Gasteiger partial charge in [-0.1, -0.05) is 6.92 Å². The van der Waals surface area contributed by atoms with E-state index in [0.29, 0.717) is 5.92 Å². The standard InChI is InChI=1S/C10H15N3O/c1-8-3-2-4-13(7-8)10-11-5-9(14)6-12-10/h5-6,8,14H,2-4,7H2,1H3. The van der Waals surface area contributed by atoms with Crippen LogP contribution in [0.4, 0.5) is 5.95 Å². The van der Waals surface area contributed by atoms with E-state index < -0.39 is 0 Å². The lowest BCUT2D eigenvalue weighted by molar-refractivity contribution is 0.439. The van der Waals surface area contributed by atoms with Crippen molar-refractivity contribution < 1.29 is 5.11 Å². The van der Waals surface area contributed by atoms with Gasteiger partial charge in [-0.15, -0.1) is 0 Å². The fourth-order valence-electron chi connectivity index (χ4n) is 1.85. The van der Waals surface area contributed by atoms with Gasteiger partial charge in [-0.3, -0.25) is 0 Å². The maximum atomic E-state index is 9.06. The normalized spacial score (nSPS) is 22.4. The SMILES string of the molecule is CC1CCCN(c2ncc(O)cn2)C1. The zero-order valence-corrected chi connectivity index (χ0v) is 8.35. The molecule has 14 heavy (non-hydrogen) atoms. The second-order valence-electron chi connectivity index (χ2n) is 3.93. The summed E-state index contributed by atoms with van der Waals surface area (Å²) in [5, 5.41) is 9.06. The molecule has 0 bridgehead atoms. The van der Waals surface area contributed by atoms with Crippen LogP contribution in [0.3, 0.4) is 0 Å². The molecule has 0 radical (unpaired) electrons. The minimum atomic E-state index is 0.124. The summed E-state index contributed by atoms with van der Waals surface area (Å²) in [6.45, 7) is 4.28. The van der Waals surface area contributed by atoms with Crippen molar-refractivity contribution in [1.82, 2.24) is 9.97 Å². The summed E-state index contributed by atoms with van der Waals surface area (Å²) in [5.41, 5.74) is 0. The van der Waals surface area contributed by atoms with Crippen molar-refractivity contribution in [1.29, 1.82) is 0 Å². The van der Waals surface area contributed by atoms with E-state index in [0.717, 1.165) is 19.0 Å². The molecular formula is C10H15N3O. The molecule has 4 heteroatoms. The van der Waals surface area contributed by atoms with Crippen LogP contribution in [0.15, 0.2) is 12.4 Å². The highest BCUT2D eigenvalue weighted by molar-refractivity contribution is 5.31. The molecule has 1 aromatic rings. The van der Waals surface area contributed by atoms with Gasteiger partial charge in [-0.2, -0.15) is 0 Å². The molecule has 0 amide bonds. The van der Waals surface area contributed by atoms with Crippen LogP contribution >= 0.6 is 0 Å². The molecule has 1 N–H and O–H groups in total. The zero-order valence-electron chi connectivity index (χ0n) is 8.35. The second-order valence-corrected chi connectivity index (χ2v) is 3.93. The van der Waals surface area contributed by atoms with Crippen LogP contribution in [-0.2, 0) is 0 Å². The predicted molar refractivity (Wildman–Crippen MR) is 54.3 cm³/mol. The molecule has 1 fully saturated rings. The fourth-order valence-corrected chi connectivity index (χ4v) is 1.85. The Morgan fingerprint density at radius 2 is 2.14 bits per heavy atom. The lowest BCUT2D eigenvalue weighted by atomic mass is 10.0. The van der Waals surface area contributed by atoms with Crippen molar-refractivity contribution in [2.45, 2.75) is 19.8 Å². The van der Waals surface area contributed by atoms with Crippen LogP contribution in [0, 0.1) is 5.92 Å². The highest BCUT2D eigenvalue weighted by Crippen LogP contribution is 2.19. The monoisotopic (exact) mass is 193 g/mol. The molecule has 0 aliphatic carbocycles. The number of aromatic hydroxyl groups is 1. The molecule has 0 aromatic carbocycles. The Hall–Kier alpha value is -1.32. The molecular weight excluding hydrogens is 178 g/mol. The lowest BCUT2D eigenvalue weighted by Crippen LogP contribution is -2.35. The van der Waals surface area contributed by atoms with Gasteiger partial charge in [0.15, 0.2) is 5.75 Å². The molecule has 0 saturated carbocycles. The van der Waals surface area contributed by atoms with Crippen molar-refractivity contribution in [3.05, 3.63) is 12.4 Å². The smallest absolute Gasteiger partial charge is 0.225 e. The predicted octanol–water partition coefficient (Wildman–Crippen LogP) is 1.42. The van der Waals surface area contributed by atoms with Crippen LogP contribution in [0.25, 0.3) is 0 Å². The lowest BCUT2D eigenvalue weighted by Gasteiger charge is -2.30. The van der Waals surface area contributed by atoms with Gasteiger partial charge in [0.05, 0.1) is 12.4 Å². The molecule has 1 atom stereocenters. The third kappa shape index (κ3) is 1.95. The van der Waals surface area contributed by atoms with Crippen molar-refractivity contribution in [3.63, 3.8) is 0 Å². The van der Waals surface area contributed by atoms with E-state index in [1.54, 1.807) is 0 Å². The van der Waals surface area contributed by atoms with Crippen LogP contribution in [-0.4, -0.2) is 28.2 Å². The Morgan fingerprint density at radius 3 is 2.79 bits per heavy atom. The number of hydrogen-bond acceptors (Lipinski definition) is 4. The van der Waals surface area contributed by atoms with Crippen molar-refractivity contribution in [3.8, 4) is 5.75 Å². The summed E-state index contributed by atoms with van der Waals surface area (Å²) >= 11 is 0. The minimum Gasteiger partial charge on any atom is -0.505 e. The maximum absolute atomic E-state index is 9.06. The highest BCUT2D eigenvalue weighted by Gasteiger charge is 2.18. The molecule has 0 spiro atoms. The first-order chi connectivity index (χ1) is 6.75. The maximum Gasteiger partial charge on any atom is 0.225 e. The molecule has 1 aromatic heterocycles. The van der Waals surface area contributed by atoms with Crippen molar-refractivity contribution in [2.24, 2.45) is 5.92 Å². The number of nitrogens with zero attached hydrogens (tertiary/aromatic N) is 3. The highest BCUT2D eigenvalue weighted by atomic mass is 16.3. The van der Waals surface area contributed by atoms with E-state index in [-0.39, 0.29) is 5.75 Å². The summed E-state index contributed by atoms with van der Waals surface area (Å²) in [5.74, 6) is 1.56. The average molecular weight is 193 g/mol. The van der Waals surface area contributed by atoms with Gasteiger partial charge >= 0.3 is 0 Å². The number of rotatable bonds is 1. The van der Waals surface area contributed by atoms with E-state index in [1.165, 1.54) is 25.2 Å². The van der Waals surface area contributed by atoms with E-state index in [1.807, 2.05) is 0 Å². The second kappa shape index (κ2) is 3.82. The van der Waals surface area contributed by atoms with E-state index in [4.69, 9.17) is 5.11 Å². The topological polar surface area (TPSA) is 49.2 Å². The summed E-state index contributed by atoms with van der Waals surface area (Å²) in [6.07, 6.45) is 5.38. The van der Waals surface area contributed by atoms with Gasteiger partial charge in [0.1, 0.15) is 0 Å². The molecule has 2 heterocycles. The Kier molecular flexibility index (Phi) is 2.52. The van der Waals surface area contributed by atoms with Crippen molar-refractivity contribution in [2.75, 3.05) is 18.0 Å². The first kappa shape index (κ1) is 9.24. The molecule has 4 nitrogen and oxygen atoms in total. The van der Waals surface area contributed by atoms with Gasteiger partial charge in [-0.25, -0.2) is 9.97 Å². The quantitative estimate of drug-likeness (QED) is 0.732. The fraction of sp³-hybridized carbons (Fsp3) is 0.600. The van der Waals surface area contributed by atoms with Crippen molar-refractivity contribution >= 4 is 5.95 Å². The van der Waals surface area contributed by atoms with E-state index >= 15 is 0 Å². The van der Waals surface area contributed by atoms with E-state index in [2.05, 4.69) is 21.8 Å². The van der Waals surface area contributed by atoms with Gasteiger partial charge < -0.3 is 10.0 Å². The van der Waals surface area contributed by atoms with Gasteiger partial charge in [-0.05, 0) is 18.8 Å².